The minimum Gasteiger partial charge on any atom is -0.336 e. The van der Waals surface area contributed by atoms with Crippen LogP contribution in [0.15, 0.2) is 29.2 Å². The van der Waals surface area contributed by atoms with Gasteiger partial charge in [0.05, 0.1) is 10.3 Å². The van der Waals surface area contributed by atoms with E-state index in [4.69, 9.17) is 11.6 Å². The lowest BCUT2D eigenvalue weighted by Crippen LogP contribution is -2.58. The van der Waals surface area contributed by atoms with E-state index < -0.39 is 0 Å². The van der Waals surface area contributed by atoms with E-state index in [9.17, 15) is 4.79 Å². The molecule has 1 heterocycles. The SMILES string of the molecule is CC(Sc1ccccc1Cl)C(=O)N1CCNC(C)C1C.Cl. The van der Waals surface area contributed by atoms with Crippen LogP contribution in [0, 0.1) is 0 Å². The summed E-state index contributed by atoms with van der Waals surface area (Å²) in [6, 6.07) is 8.23. The minimum absolute atomic E-state index is 0. The topological polar surface area (TPSA) is 32.3 Å². The first-order valence-electron chi connectivity index (χ1n) is 6.95. The third-order valence-electron chi connectivity index (χ3n) is 3.81. The zero-order chi connectivity index (χ0) is 14.7. The van der Waals surface area contributed by atoms with E-state index in [1.54, 1.807) is 0 Å². The van der Waals surface area contributed by atoms with Crippen LogP contribution in [0.4, 0.5) is 0 Å². The number of benzene rings is 1. The van der Waals surface area contributed by atoms with Crippen molar-refractivity contribution in [3.8, 4) is 0 Å². The molecular formula is C15H22Cl2N2OS. The number of amides is 1. The summed E-state index contributed by atoms with van der Waals surface area (Å²) in [7, 11) is 0. The van der Waals surface area contributed by atoms with Crippen LogP contribution in [0.3, 0.4) is 0 Å². The first-order valence-corrected chi connectivity index (χ1v) is 8.21. The summed E-state index contributed by atoms with van der Waals surface area (Å²) in [6.07, 6.45) is 0. The van der Waals surface area contributed by atoms with Crippen molar-refractivity contribution in [3.63, 3.8) is 0 Å². The molecule has 0 radical (unpaired) electrons. The van der Waals surface area contributed by atoms with Crippen molar-refractivity contribution >= 4 is 41.7 Å². The second-order valence-corrected chi connectivity index (χ2v) is 7.00. The quantitative estimate of drug-likeness (QED) is 0.849. The van der Waals surface area contributed by atoms with Crippen molar-refractivity contribution in [2.75, 3.05) is 13.1 Å². The Morgan fingerprint density at radius 3 is 2.76 bits per heavy atom. The molecule has 1 saturated heterocycles. The zero-order valence-electron chi connectivity index (χ0n) is 12.5. The number of hydrogen-bond donors (Lipinski definition) is 1. The van der Waals surface area contributed by atoms with E-state index in [0.717, 1.165) is 18.0 Å². The molecule has 3 unspecified atom stereocenters. The molecule has 2 rings (SSSR count). The minimum atomic E-state index is -0.123. The van der Waals surface area contributed by atoms with Crippen molar-refractivity contribution in [1.29, 1.82) is 0 Å². The average Bonchev–Trinajstić information content (AvgIpc) is 2.43. The highest BCUT2D eigenvalue weighted by Crippen LogP contribution is 2.31. The smallest absolute Gasteiger partial charge is 0.236 e. The summed E-state index contributed by atoms with van der Waals surface area (Å²) in [5, 5.41) is 3.98. The summed E-state index contributed by atoms with van der Waals surface area (Å²) in [4.78, 5) is 15.5. The molecule has 3 nitrogen and oxygen atoms in total. The lowest BCUT2D eigenvalue weighted by Gasteiger charge is -2.39. The van der Waals surface area contributed by atoms with Gasteiger partial charge in [0, 0.05) is 30.1 Å². The Labute approximate surface area is 142 Å². The third-order valence-corrected chi connectivity index (χ3v) is 5.41. The number of thioether (sulfide) groups is 1. The van der Waals surface area contributed by atoms with Crippen LogP contribution < -0.4 is 5.32 Å². The van der Waals surface area contributed by atoms with Crippen LogP contribution >= 0.6 is 35.8 Å². The number of carbonyl (C=O) groups is 1. The second-order valence-electron chi connectivity index (χ2n) is 5.21. The van der Waals surface area contributed by atoms with Gasteiger partial charge in [-0.2, -0.15) is 0 Å². The summed E-state index contributed by atoms with van der Waals surface area (Å²) < 4.78 is 0. The Kier molecular flexibility index (Phi) is 7.34. The van der Waals surface area contributed by atoms with Crippen LogP contribution in [0.5, 0.6) is 0 Å². The molecule has 1 N–H and O–H groups in total. The lowest BCUT2D eigenvalue weighted by molar-refractivity contribution is -0.133. The number of nitrogens with zero attached hydrogens (tertiary/aromatic N) is 1. The van der Waals surface area contributed by atoms with Gasteiger partial charge < -0.3 is 10.2 Å². The molecule has 1 aromatic rings. The van der Waals surface area contributed by atoms with Gasteiger partial charge in [-0.05, 0) is 32.9 Å². The molecule has 0 bridgehead atoms. The van der Waals surface area contributed by atoms with E-state index in [1.807, 2.05) is 36.1 Å². The van der Waals surface area contributed by atoms with Crippen LogP contribution in [0.1, 0.15) is 20.8 Å². The maximum Gasteiger partial charge on any atom is 0.236 e. The maximum absolute atomic E-state index is 12.6. The fourth-order valence-corrected chi connectivity index (χ4v) is 3.61. The van der Waals surface area contributed by atoms with Crippen LogP contribution in [-0.2, 0) is 4.79 Å². The highest BCUT2D eigenvalue weighted by atomic mass is 35.5. The van der Waals surface area contributed by atoms with Crippen molar-refractivity contribution in [2.45, 2.75) is 43.0 Å². The van der Waals surface area contributed by atoms with Gasteiger partial charge >= 0.3 is 0 Å². The summed E-state index contributed by atoms with van der Waals surface area (Å²) in [5.74, 6) is 0.191. The second kappa shape index (κ2) is 8.28. The number of rotatable bonds is 3. The van der Waals surface area contributed by atoms with Gasteiger partial charge in [0.2, 0.25) is 5.91 Å². The molecule has 1 amide bonds. The van der Waals surface area contributed by atoms with Crippen LogP contribution in [-0.4, -0.2) is 41.2 Å². The van der Waals surface area contributed by atoms with Gasteiger partial charge in [0.25, 0.3) is 0 Å². The molecule has 21 heavy (non-hydrogen) atoms. The van der Waals surface area contributed by atoms with Crippen LogP contribution in [0.2, 0.25) is 5.02 Å². The molecule has 0 spiro atoms. The van der Waals surface area contributed by atoms with Gasteiger partial charge in [-0.1, -0.05) is 23.7 Å². The molecule has 0 saturated carbocycles. The van der Waals surface area contributed by atoms with Crippen molar-refractivity contribution in [1.82, 2.24) is 10.2 Å². The van der Waals surface area contributed by atoms with Crippen molar-refractivity contribution < 1.29 is 4.79 Å². The molecule has 118 valence electrons. The molecule has 3 atom stereocenters. The summed E-state index contributed by atoms with van der Waals surface area (Å²) >= 11 is 7.69. The molecule has 1 aliphatic rings. The molecule has 0 aliphatic carbocycles. The number of hydrogen-bond acceptors (Lipinski definition) is 3. The number of nitrogens with one attached hydrogen (secondary N) is 1. The predicted octanol–water partition coefficient (Wildman–Crippen LogP) is 3.45. The molecule has 1 fully saturated rings. The fourth-order valence-electron chi connectivity index (χ4n) is 2.38. The van der Waals surface area contributed by atoms with Gasteiger partial charge in [-0.25, -0.2) is 0 Å². The maximum atomic E-state index is 12.6. The Hall–Kier alpha value is -0.420. The highest BCUT2D eigenvalue weighted by Gasteiger charge is 2.31. The number of piperazine rings is 1. The van der Waals surface area contributed by atoms with Gasteiger partial charge in [0.1, 0.15) is 0 Å². The molecular weight excluding hydrogens is 327 g/mol. The standard InChI is InChI=1S/C15H21ClN2OS.ClH/c1-10-11(2)18(9-8-17-10)15(19)12(3)20-14-7-5-4-6-13(14)16;/h4-7,10-12,17H,8-9H2,1-3H3;1H. The average molecular weight is 349 g/mol. The van der Waals surface area contributed by atoms with Crippen LogP contribution in [0.25, 0.3) is 0 Å². The molecule has 0 aromatic heterocycles. The van der Waals surface area contributed by atoms with E-state index in [-0.39, 0.29) is 29.6 Å². The first-order chi connectivity index (χ1) is 9.50. The normalized spacial score (nSPS) is 23.3. The predicted molar refractivity (Wildman–Crippen MR) is 92.7 cm³/mol. The zero-order valence-corrected chi connectivity index (χ0v) is 14.9. The fraction of sp³-hybridized carbons (Fsp3) is 0.533. The lowest BCUT2D eigenvalue weighted by atomic mass is 10.1. The monoisotopic (exact) mass is 348 g/mol. The summed E-state index contributed by atoms with van der Waals surface area (Å²) in [5.41, 5.74) is 0. The van der Waals surface area contributed by atoms with E-state index in [0.29, 0.717) is 11.1 Å². The Balaban J connectivity index is 0.00000220. The highest BCUT2D eigenvalue weighted by molar-refractivity contribution is 8.00. The van der Waals surface area contributed by atoms with Crippen molar-refractivity contribution in [2.24, 2.45) is 0 Å². The van der Waals surface area contributed by atoms with Gasteiger partial charge in [-0.15, -0.1) is 24.2 Å². The van der Waals surface area contributed by atoms with Crippen molar-refractivity contribution in [3.05, 3.63) is 29.3 Å². The van der Waals surface area contributed by atoms with Gasteiger partial charge in [-0.3, -0.25) is 4.79 Å². The van der Waals surface area contributed by atoms with E-state index >= 15 is 0 Å². The first kappa shape index (κ1) is 18.6. The van der Waals surface area contributed by atoms with E-state index in [2.05, 4.69) is 19.2 Å². The molecule has 1 aromatic carbocycles. The third kappa shape index (κ3) is 4.52. The number of carbonyl (C=O) groups excluding carboxylic acids is 1. The van der Waals surface area contributed by atoms with E-state index in [1.165, 1.54) is 11.8 Å². The summed E-state index contributed by atoms with van der Waals surface area (Å²) in [6.45, 7) is 7.81. The Bertz CT molecular complexity index is 486. The largest absolute Gasteiger partial charge is 0.336 e. The molecule has 1 aliphatic heterocycles. The Morgan fingerprint density at radius 1 is 1.43 bits per heavy atom. The Morgan fingerprint density at radius 2 is 2.10 bits per heavy atom. The van der Waals surface area contributed by atoms with Gasteiger partial charge in [0.15, 0.2) is 0 Å². The molecule has 6 heteroatoms. The number of halogens is 2.